The maximum Gasteiger partial charge on any atom is 0.330 e. The largest absolute Gasteiger partial charge is 0.466 e. The lowest BCUT2D eigenvalue weighted by atomic mass is 10.0. The van der Waals surface area contributed by atoms with Crippen LogP contribution in [0, 0.1) is 11.8 Å². The molecule has 7 nitrogen and oxygen atoms in total. The van der Waals surface area contributed by atoms with Crippen LogP contribution in [0.15, 0.2) is 18.5 Å². The number of anilines is 1. The highest BCUT2D eigenvalue weighted by Crippen LogP contribution is 2.23. The van der Waals surface area contributed by atoms with Crippen molar-refractivity contribution in [3.63, 3.8) is 0 Å². The van der Waals surface area contributed by atoms with E-state index in [0.29, 0.717) is 29.8 Å². The number of carbonyl (C=O) groups excluding carboxylic acids is 2. The van der Waals surface area contributed by atoms with Gasteiger partial charge in [0.25, 0.3) is 0 Å². The van der Waals surface area contributed by atoms with Crippen LogP contribution in [0.2, 0.25) is 0 Å². The Labute approximate surface area is 161 Å². The summed E-state index contributed by atoms with van der Waals surface area (Å²) >= 11 is 0. The van der Waals surface area contributed by atoms with E-state index in [2.05, 4.69) is 39.2 Å². The predicted molar refractivity (Wildman–Crippen MR) is 105 cm³/mol. The molecule has 148 valence electrons. The van der Waals surface area contributed by atoms with Crippen molar-refractivity contribution in [3.8, 4) is 0 Å². The first-order valence-corrected chi connectivity index (χ1v) is 9.60. The Morgan fingerprint density at radius 2 is 2.00 bits per heavy atom. The van der Waals surface area contributed by atoms with E-state index in [1.54, 1.807) is 12.4 Å². The van der Waals surface area contributed by atoms with Gasteiger partial charge in [0.15, 0.2) is 0 Å². The number of amides is 1. The first kappa shape index (κ1) is 20.9. The van der Waals surface area contributed by atoms with Gasteiger partial charge in [0, 0.05) is 12.6 Å². The molecule has 0 spiro atoms. The number of rotatable bonds is 9. The zero-order chi connectivity index (χ0) is 19.6. The molecule has 27 heavy (non-hydrogen) atoms. The Kier molecular flexibility index (Phi) is 8.23. The van der Waals surface area contributed by atoms with Crippen molar-refractivity contribution in [1.29, 1.82) is 0 Å². The highest BCUT2D eigenvalue weighted by Gasteiger charge is 2.22. The summed E-state index contributed by atoms with van der Waals surface area (Å²) in [5.74, 6) is 1.07. The molecule has 1 aliphatic rings. The molecule has 0 saturated heterocycles. The van der Waals surface area contributed by atoms with Gasteiger partial charge >= 0.3 is 5.97 Å². The Hall–Kier alpha value is -2.44. The Morgan fingerprint density at radius 1 is 1.26 bits per heavy atom. The smallest absolute Gasteiger partial charge is 0.330 e. The van der Waals surface area contributed by atoms with Gasteiger partial charge in [-0.15, -0.1) is 0 Å². The summed E-state index contributed by atoms with van der Waals surface area (Å²) in [7, 11) is 1.32. The van der Waals surface area contributed by atoms with E-state index in [1.165, 1.54) is 44.9 Å². The fraction of sp³-hybridized carbons (Fsp3) is 0.600. The normalized spacial score (nSPS) is 15.9. The lowest BCUT2D eigenvalue weighted by Crippen LogP contribution is -2.42. The second-order valence-electron chi connectivity index (χ2n) is 7.41. The number of nitrogens with zero attached hydrogens (tertiary/aromatic N) is 2. The molecule has 0 radical (unpaired) electrons. The third kappa shape index (κ3) is 7.37. The molecule has 0 unspecified atom stereocenters. The second-order valence-corrected chi connectivity index (χ2v) is 7.41. The van der Waals surface area contributed by atoms with Crippen LogP contribution in [-0.2, 0) is 14.3 Å². The van der Waals surface area contributed by atoms with Crippen molar-refractivity contribution in [2.45, 2.75) is 52.0 Å². The summed E-state index contributed by atoms with van der Waals surface area (Å²) in [6, 6.07) is -0.350. The number of nitrogens with one attached hydrogen (secondary N) is 2. The van der Waals surface area contributed by atoms with Gasteiger partial charge in [-0.1, -0.05) is 26.7 Å². The van der Waals surface area contributed by atoms with Gasteiger partial charge in [0.1, 0.15) is 11.9 Å². The molecule has 1 heterocycles. The van der Waals surface area contributed by atoms with Crippen LogP contribution in [0.25, 0.3) is 6.08 Å². The monoisotopic (exact) mass is 374 g/mol. The van der Waals surface area contributed by atoms with Crippen molar-refractivity contribution >= 4 is 23.8 Å². The molecule has 2 rings (SSSR count). The highest BCUT2D eigenvalue weighted by molar-refractivity contribution is 5.86. The molecule has 1 aliphatic carbocycles. The van der Waals surface area contributed by atoms with Crippen molar-refractivity contribution in [1.82, 2.24) is 15.3 Å². The molecule has 7 heteroatoms. The van der Waals surface area contributed by atoms with E-state index in [0.717, 1.165) is 6.54 Å². The fourth-order valence-corrected chi connectivity index (χ4v) is 3.18. The van der Waals surface area contributed by atoms with Gasteiger partial charge in [0.2, 0.25) is 5.91 Å². The van der Waals surface area contributed by atoms with Crippen LogP contribution in [0.3, 0.4) is 0 Å². The zero-order valence-corrected chi connectivity index (χ0v) is 16.4. The first-order valence-electron chi connectivity index (χ1n) is 9.60. The lowest BCUT2D eigenvalue weighted by molar-refractivity contribution is -0.134. The summed E-state index contributed by atoms with van der Waals surface area (Å²) in [5, 5.41) is 6.28. The van der Waals surface area contributed by atoms with Gasteiger partial charge in [-0.25, -0.2) is 9.78 Å². The molecule has 1 aromatic rings. The minimum atomic E-state index is -0.449. The van der Waals surface area contributed by atoms with E-state index in [1.807, 2.05) is 0 Å². The summed E-state index contributed by atoms with van der Waals surface area (Å²) in [5.41, 5.74) is 0.539. The molecule has 1 amide bonds. The number of ether oxygens (including phenoxy) is 1. The summed E-state index contributed by atoms with van der Waals surface area (Å²) in [4.78, 5) is 32.3. The number of carbonyl (C=O) groups is 2. The molecular formula is C20H30N4O3. The number of hydrogen-bond acceptors (Lipinski definition) is 6. The minimum Gasteiger partial charge on any atom is -0.466 e. The molecule has 1 saturated carbocycles. The number of methoxy groups -OCH3 is 1. The molecule has 0 aliphatic heterocycles. The van der Waals surface area contributed by atoms with Crippen molar-refractivity contribution in [2.24, 2.45) is 11.8 Å². The topological polar surface area (TPSA) is 93.2 Å². The summed E-state index contributed by atoms with van der Waals surface area (Å²) < 4.78 is 4.54. The molecule has 0 bridgehead atoms. The molecule has 0 aromatic carbocycles. The van der Waals surface area contributed by atoms with Crippen LogP contribution < -0.4 is 10.6 Å². The predicted octanol–water partition coefficient (Wildman–Crippen LogP) is 2.80. The van der Waals surface area contributed by atoms with E-state index in [9.17, 15) is 9.59 Å². The number of aromatic nitrogens is 2. The molecule has 1 aromatic heterocycles. The van der Waals surface area contributed by atoms with Gasteiger partial charge in [0.05, 0.1) is 25.2 Å². The van der Waals surface area contributed by atoms with Crippen LogP contribution >= 0.6 is 0 Å². The van der Waals surface area contributed by atoms with E-state index < -0.39 is 5.97 Å². The average molecular weight is 374 g/mol. The quantitative estimate of drug-likeness (QED) is 0.510. The molecular weight excluding hydrogens is 344 g/mol. The van der Waals surface area contributed by atoms with Crippen molar-refractivity contribution in [2.75, 3.05) is 19.0 Å². The number of hydrogen-bond donors (Lipinski definition) is 2. The highest BCUT2D eigenvalue weighted by atomic mass is 16.5. The Balaban J connectivity index is 1.94. The van der Waals surface area contributed by atoms with Crippen LogP contribution in [0.5, 0.6) is 0 Å². The Morgan fingerprint density at radius 3 is 2.59 bits per heavy atom. The van der Waals surface area contributed by atoms with E-state index in [-0.39, 0.29) is 11.9 Å². The molecule has 2 N–H and O–H groups in total. The zero-order valence-electron chi connectivity index (χ0n) is 16.4. The lowest BCUT2D eigenvalue weighted by Gasteiger charge is -2.21. The van der Waals surface area contributed by atoms with Crippen LogP contribution in [0.1, 0.15) is 51.6 Å². The standard InChI is InChI=1S/C20H30N4O3/c1-14(2)10-17(20(26)23-11-15-6-4-5-7-15)24-18-13-21-16(12-22-18)8-9-19(25)27-3/h8-9,12-15,17H,4-7,10-11H2,1-3H3,(H,22,24)(H,23,26)/b9-8+/t17-/m1/s1. The SMILES string of the molecule is COC(=O)/C=C/c1cnc(N[C@H](CC(C)C)C(=O)NCC2CCCC2)cn1. The second kappa shape index (κ2) is 10.6. The molecule has 1 atom stereocenters. The third-order valence-electron chi connectivity index (χ3n) is 4.65. The number of esters is 1. The van der Waals surface area contributed by atoms with Crippen LogP contribution in [-0.4, -0.2) is 41.5 Å². The first-order chi connectivity index (χ1) is 13.0. The summed E-state index contributed by atoms with van der Waals surface area (Å²) in [6.45, 7) is 4.93. The maximum absolute atomic E-state index is 12.6. The van der Waals surface area contributed by atoms with Crippen LogP contribution in [0.4, 0.5) is 5.82 Å². The fourth-order valence-electron chi connectivity index (χ4n) is 3.18. The molecule has 1 fully saturated rings. The third-order valence-corrected chi connectivity index (χ3v) is 4.65. The Bertz CT molecular complexity index is 637. The van der Waals surface area contributed by atoms with E-state index >= 15 is 0 Å². The minimum absolute atomic E-state index is 0.00654. The van der Waals surface area contributed by atoms with Crippen molar-refractivity contribution in [3.05, 3.63) is 24.2 Å². The summed E-state index contributed by atoms with van der Waals surface area (Å²) in [6.07, 6.45) is 11.6. The van der Waals surface area contributed by atoms with Gasteiger partial charge in [-0.05, 0) is 37.2 Å². The van der Waals surface area contributed by atoms with E-state index in [4.69, 9.17) is 0 Å². The van der Waals surface area contributed by atoms with Crippen molar-refractivity contribution < 1.29 is 14.3 Å². The average Bonchev–Trinajstić information content (AvgIpc) is 3.18. The van der Waals surface area contributed by atoms with Gasteiger partial charge in [-0.2, -0.15) is 0 Å². The maximum atomic E-state index is 12.6. The van der Waals surface area contributed by atoms with Gasteiger partial charge in [-0.3, -0.25) is 9.78 Å². The van der Waals surface area contributed by atoms with Gasteiger partial charge < -0.3 is 15.4 Å².